The van der Waals surface area contributed by atoms with Crippen molar-refractivity contribution >= 4 is 11.8 Å². The van der Waals surface area contributed by atoms with Crippen molar-refractivity contribution in [2.24, 2.45) is 11.8 Å². The Morgan fingerprint density at radius 2 is 1.90 bits per heavy atom. The zero-order valence-corrected chi connectivity index (χ0v) is 17.3. The number of aromatic nitrogens is 1. The van der Waals surface area contributed by atoms with Crippen LogP contribution in [0.3, 0.4) is 0 Å². The van der Waals surface area contributed by atoms with Crippen LogP contribution in [0.25, 0.3) is 0 Å². The standard InChI is InChI=1S/C23H29N3O4/c1-15-2-4-16(5-3-15)10-23(29)26-13-17-11-20(21(27)12-18(17)14-26)25-22(28)7-6-19-8-9-24-30-19/h2-5,8-9,17-18,20-21,27H,6-7,10-14H2,1H3,(H,25,28)/t17-,18+,20-,21-/m0/s1. The van der Waals surface area contributed by atoms with E-state index in [2.05, 4.69) is 10.5 Å². The molecule has 1 aliphatic carbocycles. The van der Waals surface area contributed by atoms with Crippen LogP contribution >= 0.6 is 0 Å². The summed E-state index contributed by atoms with van der Waals surface area (Å²) in [4.78, 5) is 27.0. The molecule has 160 valence electrons. The fourth-order valence-corrected chi connectivity index (χ4v) is 4.67. The Bertz CT molecular complexity index is 865. The molecule has 0 unspecified atom stereocenters. The lowest BCUT2D eigenvalue weighted by Gasteiger charge is -2.35. The summed E-state index contributed by atoms with van der Waals surface area (Å²) in [5, 5.41) is 17.2. The van der Waals surface area contributed by atoms with Crippen LogP contribution in [0.1, 0.15) is 36.1 Å². The SMILES string of the molecule is Cc1ccc(CC(=O)N2C[C@H]3C[C@H](O)[C@@H](NC(=O)CCc4ccno4)C[C@H]3C2)cc1. The van der Waals surface area contributed by atoms with Gasteiger partial charge >= 0.3 is 0 Å². The van der Waals surface area contributed by atoms with Gasteiger partial charge in [0.25, 0.3) is 0 Å². The molecule has 1 aromatic carbocycles. The molecule has 7 heteroatoms. The first-order chi connectivity index (χ1) is 14.5. The molecule has 2 fully saturated rings. The molecule has 1 saturated heterocycles. The van der Waals surface area contributed by atoms with Crippen molar-refractivity contribution in [1.82, 2.24) is 15.4 Å². The van der Waals surface area contributed by atoms with Gasteiger partial charge in [0.2, 0.25) is 11.8 Å². The largest absolute Gasteiger partial charge is 0.391 e. The summed E-state index contributed by atoms with van der Waals surface area (Å²) in [5.41, 5.74) is 2.21. The molecule has 2 heterocycles. The monoisotopic (exact) mass is 411 g/mol. The van der Waals surface area contributed by atoms with Crippen LogP contribution in [-0.4, -0.2) is 52.2 Å². The Hall–Kier alpha value is -2.67. The van der Waals surface area contributed by atoms with E-state index in [-0.39, 0.29) is 17.9 Å². The van der Waals surface area contributed by atoms with E-state index in [0.29, 0.717) is 62.8 Å². The molecule has 7 nitrogen and oxygen atoms in total. The van der Waals surface area contributed by atoms with Crippen LogP contribution in [0.15, 0.2) is 41.1 Å². The Labute approximate surface area is 176 Å². The summed E-state index contributed by atoms with van der Waals surface area (Å²) in [6, 6.07) is 9.54. The van der Waals surface area contributed by atoms with E-state index in [9.17, 15) is 14.7 Å². The second-order valence-electron chi connectivity index (χ2n) is 8.67. The number of benzene rings is 1. The van der Waals surface area contributed by atoms with Gasteiger partial charge in [0.1, 0.15) is 5.76 Å². The first-order valence-electron chi connectivity index (χ1n) is 10.7. The molecule has 1 aromatic heterocycles. The zero-order chi connectivity index (χ0) is 21.1. The summed E-state index contributed by atoms with van der Waals surface area (Å²) in [6.07, 6.45) is 3.50. The Balaban J connectivity index is 1.28. The Morgan fingerprint density at radius 1 is 1.17 bits per heavy atom. The third-order valence-corrected chi connectivity index (χ3v) is 6.41. The molecule has 2 aromatic rings. The average molecular weight is 412 g/mol. The fraction of sp³-hybridized carbons (Fsp3) is 0.522. The molecule has 2 aliphatic rings. The smallest absolute Gasteiger partial charge is 0.227 e. The maximum Gasteiger partial charge on any atom is 0.227 e. The van der Waals surface area contributed by atoms with E-state index < -0.39 is 6.10 Å². The molecule has 4 rings (SSSR count). The van der Waals surface area contributed by atoms with Crippen LogP contribution in [-0.2, 0) is 22.4 Å². The molecule has 0 bridgehead atoms. The number of rotatable bonds is 6. The van der Waals surface area contributed by atoms with Gasteiger partial charge < -0.3 is 19.8 Å². The molecule has 1 aliphatic heterocycles. The van der Waals surface area contributed by atoms with E-state index in [4.69, 9.17) is 4.52 Å². The summed E-state index contributed by atoms with van der Waals surface area (Å²) in [5.74, 6) is 1.32. The van der Waals surface area contributed by atoms with Gasteiger partial charge in [-0.25, -0.2) is 0 Å². The molecule has 30 heavy (non-hydrogen) atoms. The van der Waals surface area contributed by atoms with E-state index in [1.165, 1.54) is 5.56 Å². The first kappa shape index (κ1) is 20.6. The van der Waals surface area contributed by atoms with E-state index >= 15 is 0 Å². The number of fused-ring (bicyclic) bond motifs is 1. The van der Waals surface area contributed by atoms with Gasteiger partial charge in [0.15, 0.2) is 0 Å². The van der Waals surface area contributed by atoms with Gasteiger partial charge in [0.05, 0.1) is 24.8 Å². The molecule has 0 spiro atoms. The van der Waals surface area contributed by atoms with E-state index in [0.717, 1.165) is 5.56 Å². The lowest BCUT2D eigenvalue weighted by Crippen LogP contribution is -2.49. The highest BCUT2D eigenvalue weighted by molar-refractivity contribution is 5.79. The number of nitrogens with one attached hydrogen (secondary N) is 1. The normalized spacial score (nSPS) is 25.7. The minimum Gasteiger partial charge on any atom is -0.391 e. The van der Waals surface area contributed by atoms with Crippen molar-refractivity contribution in [3.63, 3.8) is 0 Å². The van der Waals surface area contributed by atoms with Gasteiger partial charge in [-0.05, 0) is 37.2 Å². The minimum atomic E-state index is -0.576. The van der Waals surface area contributed by atoms with Crippen LogP contribution in [0, 0.1) is 18.8 Å². The van der Waals surface area contributed by atoms with Gasteiger partial charge in [-0.2, -0.15) is 0 Å². The third kappa shape index (κ3) is 4.90. The van der Waals surface area contributed by atoms with Crippen molar-refractivity contribution in [3.05, 3.63) is 53.4 Å². The molecule has 0 radical (unpaired) electrons. The van der Waals surface area contributed by atoms with Crippen molar-refractivity contribution in [1.29, 1.82) is 0 Å². The van der Waals surface area contributed by atoms with Gasteiger partial charge in [-0.3, -0.25) is 9.59 Å². The fourth-order valence-electron chi connectivity index (χ4n) is 4.67. The van der Waals surface area contributed by atoms with Crippen molar-refractivity contribution < 1.29 is 19.2 Å². The molecule has 2 amide bonds. The molecule has 4 atom stereocenters. The number of amides is 2. The number of aliphatic hydroxyl groups excluding tert-OH is 1. The number of likely N-dealkylation sites (tertiary alicyclic amines) is 1. The van der Waals surface area contributed by atoms with Crippen LogP contribution in [0.5, 0.6) is 0 Å². The predicted octanol–water partition coefficient (Wildman–Crippen LogP) is 1.87. The van der Waals surface area contributed by atoms with Crippen molar-refractivity contribution in [2.45, 2.75) is 51.2 Å². The molecular formula is C23H29N3O4. The third-order valence-electron chi connectivity index (χ3n) is 6.41. The minimum absolute atomic E-state index is 0.0980. The highest BCUT2D eigenvalue weighted by Gasteiger charge is 2.43. The Morgan fingerprint density at radius 3 is 2.60 bits per heavy atom. The second-order valence-corrected chi connectivity index (χ2v) is 8.67. The number of carbonyl (C=O) groups excluding carboxylic acids is 2. The average Bonchev–Trinajstić information content (AvgIpc) is 3.38. The lowest BCUT2D eigenvalue weighted by atomic mass is 9.77. The Kier molecular flexibility index (Phi) is 6.18. The summed E-state index contributed by atoms with van der Waals surface area (Å²) < 4.78 is 5.02. The maximum absolute atomic E-state index is 12.8. The van der Waals surface area contributed by atoms with Crippen molar-refractivity contribution in [2.75, 3.05) is 13.1 Å². The second kappa shape index (κ2) is 9.00. The highest BCUT2D eigenvalue weighted by Crippen LogP contribution is 2.36. The summed E-state index contributed by atoms with van der Waals surface area (Å²) in [6.45, 7) is 3.43. The van der Waals surface area contributed by atoms with E-state index in [1.807, 2.05) is 36.1 Å². The number of nitrogens with zero attached hydrogens (tertiary/aromatic N) is 2. The molecule has 1 saturated carbocycles. The van der Waals surface area contributed by atoms with Crippen LogP contribution in [0.4, 0.5) is 0 Å². The zero-order valence-electron chi connectivity index (χ0n) is 17.3. The molecular weight excluding hydrogens is 382 g/mol. The maximum atomic E-state index is 12.8. The van der Waals surface area contributed by atoms with Gasteiger partial charge in [-0.1, -0.05) is 35.0 Å². The lowest BCUT2D eigenvalue weighted by molar-refractivity contribution is -0.129. The number of carbonyl (C=O) groups is 2. The highest BCUT2D eigenvalue weighted by atomic mass is 16.5. The van der Waals surface area contributed by atoms with Crippen LogP contribution in [0.2, 0.25) is 0 Å². The first-order valence-corrected chi connectivity index (χ1v) is 10.7. The van der Waals surface area contributed by atoms with Gasteiger partial charge in [0, 0.05) is 32.0 Å². The van der Waals surface area contributed by atoms with Gasteiger partial charge in [-0.15, -0.1) is 0 Å². The summed E-state index contributed by atoms with van der Waals surface area (Å²) >= 11 is 0. The molecule has 2 N–H and O–H groups in total. The number of aryl methyl sites for hydroxylation is 2. The number of hydrogen-bond donors (Lipinski definition) is 2. The van der Waals surface area contributed by atoms with Crippen LogP contribution < -0.4 is 5.32 Å². The predicted molar refractivity (Wildman–Crippen MR) is 110 cm³/mol. The topological polar surface area (TPSA) is 95.7 Å². The van der Waals surface area contributed by atoms with E-state index in [1.54, 1.807) is 12.3 Å². The van der Waals surface area contributed by atoms with Crippen molar-refractivity contribution in [3.8, 4) is 0 Å². The number of hydrogen-bond acceptors (Lipinski definition) is 5. The quantitative estimate of drug-likeness (QED) is 0.757. The number of aliphatic hydroxyl groups is 1. The summed E-state index contributed by atoms with van der Waals surface area (Å²) in [7, 11) is 0.